The van der Waals surface area contributed by atoms with Crippen molar-refractivity contribution in [3.05, 3.63) is 40.9 Å². The van der Waals surface area contributed by atoms with E-state index in [2.05, 4.69) is 10.4 Å². The largest absolute Gasteiger partial charge is 0.463 e. The van der Waals surface area contributed by atoms with Crippen LogP contribution in [0, 0.1) is 0 Å². The summed E-state index contributed by atoms with van der Waals surface area (Å²) in [4.78, 5) is 11.9. The van der Waals surface area contributed by atoms with Gasteiger partial charge in [0.25, 0.3) is 5.56 Å². The zero-order chi connectivity index (χ0) is 12.4. The van der Waals surface area contributed by atoms with E-state index in [1.165, 1.54) is 0 Å². The lowest BCUT2D eigenvalue weighted by atomic mass is 10.1. The maximum absolute atomic E-state index is 11.9. The number of aromatic nitrogens is 2. The molecule has 2 aromatic rings. The monoisotopic (exact) mass is 245 g/mol. The van der Waals surface area contributed by atoms with Crippen LogP contribution in [-0.2, 0) is 0 Å². The summed E-state index contributed by atoms with van der Waals surface area (Å²) in [5.41, 5.74) is 0.662. The van der Waals surface area contributed by atoms with E-state index in [0.29, 0.717) is 11.5 Å². The Hall–Kier alpha value is -1.88. The highest BCUT2D eigenvalue weighted by atomic mass is 16.3. The summed E-state index contributed by atoms with van der Waals surface area (Å²) in [5, 5.41) is 7.71. The van der Waals surface area contributed by atoms with Gasteiger partial charge < -0.3 is 9.73 Å². The van der Waals surface area contributed by atoms with Crippen LogP contribution < -0.4 is 10.9 Å². The van der Waals surface area contributed by atoms with Gasteiger partial charge >= 0.3 is 0 Å². The van der Waals surface area contributed by atoms with Gasteiger partial charge in [0.15, 0.2) is 5.76 Å². The van der Waals surface area contributed by atoms with Crippen LogP contribution in [0.2, 0.25) is 0 Å². The molecule has 0 spiro atoms. The smallest absolute Gasteiger partial charge is 0.267 e. The Morgan fingerprint density at radius 3 is 2.83 bits per heavy atom. The molecule has 94 valence electrons. The average Bonchev–Trinajstić information content (AvgIpc) is 2.94. The summed E-state index contributed by atoms with van der Waals surface area (Å²) in [6, 6.07) is 7.12. The highest BCUT2D eigenvalue weighted by molar-refractivity contribution is 5.50. The molecule has 3 rings (SSSR count). The first kappa shape index (κ1) is 11.2. The zero-order valence-electron chi connectivity index (χ0n) is 10.0. The van der Waals surface area contributed by atoms with Crippen LogP contribution in [0.1, 0.15) is 18.9 Å². The number of hydrogen-bond acceptors (Lipinski definition) is 4. The van der Waals surface area contributed by atoms with Crippen molar-refractivity contribution in [1.82, 2.24) is 15.1 Å². The summed E-state index contributed by atoms with van der Waals surface area (Å²) in [5.74, 6) is 0.692. The zero-order valence-corrected chi connectivity index (χ0v) is 10.0. The highest BCUT2D eigenvalue weighted by Gasteiger charge is 2.17. The molecule has 1 aliphatic rings. The molecule has 5 nitrogen and oxygen atoms in total. The molecule has 18 heavy (non-hydrogen) atoms. The summed E-state index contributed by atoms with van der Waals surface area (Å²) >= 11 is 0. The normalized spacial score (nSPS) is 16.9. The molecule has 1 saturated heterocycles. The van der Waals surface area contributed by atoms with Crippen molar-refractivity contribution in [3.8, 4) is 11.5 Å². The molecular formula is C13H15N3O2. The maximum Gasteiger partial charge on any atom is 0.267 e. The van der Waals surface area contributed by atoms with Gasteiger partial charge in [-0.2, -0.15) is 5.10 Å². The minimum absolute atomic E-state index is 0.0443. The van der Waals surface area contributed by atoms with E-state index >= 15 is 0 Å². The van der Waals surface area contributed by atoms with E-state index in [0.717, 1.165) is 25.9 Å². The molecule has 1 aliphatic heterocycles. The predicted molar refractivity (Wildman–Crippen MR) is 67.3 cm³/mol. The quantitative estimate of drug-likeness (QED) is 0.869. The fraction of sp³-hybridized carbons (Fsp3) is 0.385. The third-order valence-corrected chi connectivity index (χ3v) is 3.25. The van der Waals surface area contributed by atoms with E-state index in [1.807, 2.05) is 12.1 Å². The van der Waals surface area contributed by atoms with Crippen molar-refractivity contribution in [2.75, 3.05) is 13.1 Å². The van der Waals surface area contributed by atoms with Crippen molar-refractivity contribution >= 4 is 0 Å². The molecule has 0 aliphatic carbocycles. The first-order chi connectivity index (χ1) is 8.84. The Labute approximate surface area is 104 Å². The molecule has 0 saturated carbocycles. The van der Waals surface area contributed by atoms with Crippen LogP contribution in [0.3, 0.4) is 0 Å². The Morgan fingerprint density at radius 2 is 2.11 bits per heavy atom. The number of nitrogens with one attached hydrogen (secondary N) is 1. The van der Waals surface area contributed by atoms with Gasteiger partial charge in [0.2, 0.25) is 0 Å². The van der Waals surface area contributed by atoms with E-state index in [9.17, 15) is 4.79 Å². The SMILES string of the molecule is O=c1ccc(-c2ccco2)nn1C1CCNCC1. The van der Waals surface area contributed by atoms with Crippen LogP contribution in [0.4, 0.5) is 0 Å². The predicted octanol–water partition coefficient (Wildman–Crippen LogP) is 1.43. The van der Waals surface area contributed by atoms with Crippen LogP contribution >= 0.6 is 0 Å². The van der Waals surface area contributed by atoms with Gasteiger partial charge in [-0.25, -0.2) is 4.68 Å². The summed E-state index contributed by atoms with van der Waals surface area (Å²) in [6.07, 6.45) is 3.49. The molecule has 5 heteroatoms. The lowest BCUT2D eigenvalue weighted by molar-refractivity contribution is 0.332. The van der Waals surface area contributed by atoms with Crippen LogP contribution in [0.25, 0.3) is 11.5 Å². The van der Waals surface area contributed by atoms with Gasteiger partial charge in [-0.05, 0) is 44.1 Å². The lowest BCUT2D eigenvalue weighted by Crippen LogP contribution is -2.35. The summed E-state index contributed by atoms with van der Waals surface area (Å²) in [7, 11) is 0. The summed E-state index contributed by atoms with van der Waals surface area (Å²) in [6.45, 7) is 1.87. The number of hydrogen-bond donors (Lipinski definition) is 1. The molecular weight excluding hydrogens is 230 g/mol. The van der Waals surface area contributed by atoms with Gasteiger partial charge in [-0.3, -0.25) is 4.79 Å². The Kier molecular flexibility index (Phi) is 2.98. The number of piperidine rings is 1. The second kappa shape index (κ2) is 4.78. The van der Waals surface area contributed by atoms with Crippen LogP contribution in [-0.4, -0.2) is 22.9 Å². The first-order valence-electron chi connectivity index (χ1n) is 6.19. The molecule has 0 amide bonds. The topological polar surface area (TPSA) is 60.1 Å². The van der Waals surface area contributed by atoms with Crippen molar-refractivity contribution in [1.29, 1.82) is 0 Å². The van der Waals surface area contributed by atoms with Gasteiger partial charge in [0, 0.05) is 6.07 Å². The van der Waals surface area contributed by atoms with E-state index in [4.69, 9.17) is 4.42 Å². The fourth-order valence-corrected chi connectivity index (χ4v) is 2.29. The number of rotatable bonds is 2. The third kappa shape index (κ3) is 2.09. The van der Waals surface area contributed by atoms with Gasteiger partial charge in [0.05, 0.1) is 12.3 Å². The summed E-state index contributed by atoms with van der Waals surface area (Å²) < 4.78 is 6.91. The molecule has 0 aromatic carbocycles. The minimum Gasteiger partial charge on any atom is -0.463 e. The Bertz CT molecular complexity index is 568. The van der Waals surface area contributed by atoms with Crippen LogP contribution in [0.15, 0.2) is 39.7 Å². The van der Waals surface area contributed by atoms with Gasteiger partial charge in [-0.1, -0.05) is 0 Å². The molecule has 0 radical (unpaired) electrons. The molecule has 2 aromatic heterocycles. The van der Waals surface area contributed by atoms with E-state index in [-0.39, 0.29) is 11.6 Å². The lowest BCUT2D eigenvalue weighted by Gasteiger charge is -2.23. The molecule has 0 unspecified atom stereocenters. The average molecular weight is 245 g/mol. The number of nitrogens with zero attached hydrogens (tertiary/aromatic N) is 2. The Morgan fingerprint density at radius 1 is 1.28 bits per heavy atom. The molecule has 1 N–H and O–H groups in total. The van der Waals surface area contributed by atoms with Gasteiger partial charge in [-0.15, -0.1) is 0 Å². The molecule has 0 atom stereocenters. The number of furan rings is 1. The highest BCUT2D eigenvalue weighted by Crippen LogP contribution is 2.19. The standard InChI is InChI=1S/C13H15N3O2/c17-13-4-3-11(12-2-1-9-18-12)15-16(13)10-5-7-14-8-6-10/h1-4,9-10,14H,5-8H2. The first-order valence-corrected chi connectivity index (χ1v) is 6.19. The van der Waals surface area contributed by atoms with Crippen molar-refractivity contribution < 1.29 is 4.42 Å². The molecule has 0 bridgehead atoms. The third-order valence-electron chi connectivity index (χ3n) is 3.25. The van der Waals surface area contributed by atoms with Gasteiger partial charge in [0.1, 0.15) is 5.69 Å². The van der Waals surface area contributed by atoms with Crippen LogP contribution in [0.5, 0.6) is 0 Å². The van der Waals surface area contributed by atoms with E-state index < -0.39 is 0 Å². The van der Waals surface area contributed by atoms with Crippen molar-refractivity contribution in [2.45, 2.75) is 18.9 Å². The molecule has 3 heterocycles. The van der Waals surface area contributed by atoms with E-state index in [1.54, 1.807) is 23.1 Å². The second-order valence-corrected chi connectivity index (χ2v) is 4.46. The fourth-order valence-electron chi connectivity index (χ4n) is 2.29. The maximum atomic E-state index is 11.9. The molecule has 1 fully saturated rings. The second-order valence-electron chi connectivity index (χ2n) is 4.46. The van der Waals surface area contributed by atoms with Crippen molar-refractivity contribution in [2.24, 2.45) is 0 Å². The minimum atomic E-state index is -0.0443. The Balaban J connectivity index is 1.98. The van der Waals surface area contributed by atoms with Crippen molar-refractivity contribution in [3.63, 3.8) is 0 Å².